The summed E-state index contributed by atoms with van der Waals surface area (Å²) in [6, 6.07) is 7.94. The van der Waals surface area contributed by atoms with Gasteiger partial charge in [-0.3, -0.25) is 4.57 Å². The molecule has 1 heterocycles. The van der Waals surface area contributed by atoms with E-state index in [0.29, 0.717) is 34.8 Å². The van der Waals surface area contributed by atoms with Crippen molar-refractivity contribution < 1.29 is 32.2 Å². The summed E-state index contributed by atoms with van der Waals surface area (Å²) in [5, 5.41) is 6.88. The van der Waals surface area contributed by atoms with Gasteiger partial charge >= 0.3 is 7.60 Å². The number of thiophene rings is 1. The topological polar surface area (TPSA) is 220 Å². The zero-order valence-corrected chi connectivity index (χ0v) is 20.2. The van der Waals surface area contributed by atoms with E-state index < -0.39 is 23.9 Å². The van der Waals surface area contributed by atoms with Crippen LogP contribution < -0.4 is 14.2 Å². The molecule has 2 rings (SSSR count). The number of hydrogen-bond donors (Lipinski definition) is 3. The van der Waals surface area contributed by atoms with Gasteiger partial charge in [0.2, 0.25) is 0 Å². The fourth-order valence-electron chi connectivity index (χ4n) is 2.48. The fraction of sp³-hybridized carbons (Fsp3) is 0.412. The lowest BCUT2D eigenvalue weighted by Crippen LogP contribution is -2.23. The minimum atomic E-state index is -4.55. The van der Waals surface area contributed by atoms with Gasteiger partial charge in [-0.05, 0) is 59.8 Å². The van der Waals surface area contributed by atoms with Crippen molar-refractivity contribution in [2.75, 3.05) is 32.6 Å². The molecule has 184 valence electrons. The van der Waals surface area contributed by atoms with Crippen LogP contribution in [0.4, 0.5) is 0 Å². The van der Waals surface area contributed by atoms with Crippen LogP contribution in [0.1, 0.15) is 12.8 Å². The maximum absolute atomic E-state index is 12.3. The quantitative estimate of drug-likeness (QED) is 0.101. The van der Waals surface area contributed by atoms with Gasteiger partial charge in [0.1, 0.15) is 10.5 Å². The largest absolute Gasteiger partial charge is 0.490 e. The highest BCUT2D eigenvalue weighted by atomic mass is 32.2. The van der Waals surface area contributed by atoms with Crippen LogP contribution in [0.25, 0.3) is 31.3 Å². The van der Waals surface area contributed by atoms with Gasteiger partial charge in [-0.15, -0.1) is 11.3 Å². The predicted molar refractivity (Wildman–Crippen MR) is 125 cm³/mol. The molecule has 1 aromatic heterocycles. The van der Waals surface area contributed by atoms with Gasteiger partial charge in [0, 0.05) is 27.8 Å². The number of sulfonamides is 1. The van der Waals surface area contributed by atoms with Gasteiger partial charge in [-0.1, -0.05) is 10.2 Å². The number of benzene rings is 1. The van der Waals surface area contributed by atoms with E-state index in [-0.39, 0.29) is 30.5 Å². The maximum atomic E-state index is 12.3. The normalized spacial score (nSPS) is 11.4. The molecule has 0 fully saturated rings. The van der Waals surface area contributed by atoms with Gasteiger partial charge in [0.15, 0.2) is 11.5 Å². The molecule has 0 bridgehead atoms. The summed E-state index contributed by atoms with van der Waals surface area (Å²) in [5.74, 6) is 0.820. The molecule has 0 saturated heterocycles. The summed E-state index contributed by atoms with van der Waals surface area (Å²) in [6.45, 7) is 1.06. The number of rotatable bonds is 15. The van der Waals surface area contributed by atoms with E-state index in [0.717, 1.165) is 11.3 Å². The Labute approximate surface area is 199 Å². The monoisotopic (exact) mass is 531 g/mol. The van der Waals surface area contributed by atoms with Crippen molar-refractivity contribution in [3.8, 4) is 21.9 Å². The van der Waals surface area contributed by atoms with Crippen molar-refractivity contribution in [2.45, 2.75) is 17.1 Å². The van der Waals surface area contributed by atoms with E-state index in [1.54, 1.807) is 24.3 Å². The second kappa shape index (κ2) is 13.2. The predicted octanol–water partition coefficient (Wildman–Crippen LogP) is 3.99. The van der Waals surface area contributed by atoms with Crippen LogP contribution >= 0.6 is 18.9 Å². The van der Waals surface area contributed by atoms with Crippen LogP contribution in [0.3, 0.4) is 0 Å². The summed E-state index contributed by atoms with van der Waals surface area (Å²) < 4.78 is 48.9. The van der Waals surface area contributed by atoms with Crippen LogP contribution in [-0.4, -0.2) is 50.8 Å². The molecule has 3 N–H and O–H groups in total. The van der Waals surface area contributed by atoms with Crippen molar-refractivity contribution in [2.24, 2.45) is 10.2 Å². The van der Waals surface area contributed by atoms with Gasteiger partial charge < -0.3 is 19.3 Å². The minimum Gasteiger partial charge on any atom is -0.490 e. The molecule has 2 aromatic rings. The first-order valence-electron chi connectivity index (χ1n) is 9.72. The molecule has 34 heavy (non-hydrogen) atoms. The van der Waals surface area contributed by atoms with E-state index in [2.05, 4.69) is 20.1 Å². The maximum Gasteiger partial charge on any atom is 0.340 e. The minimum absolute atomic E-state index is 0.105. The SMILES string of the molecule is [N-]=[N+]=NCCCOc1ccc(-c2ccc(S(=O)(=O)NCP(=O)(O)O)s2)cc1OCCCN=[N+]=[N-]. The Kier molecular flexibility index (Phi) is 10.6. The highest BCUT2D eigenvalue weighted by Crippen LogP contribution is 2.38. The van der Waals surface area contributed by atoms with Crippen molar-refractivity contribution >= 4 is 29.0 Å². The number of nitrogens with zero attached hydrogens (tertiary/aromatic N) is 6. The summed E-state index contributed by atoms with van der Waals surface area (Å²) >= 11 is 0.918. The van der Waals surface area contributed by atoms with Crippen LogP contribution in [0.5, 0.6) is 11.5 Å². The first kappa shape index (κ1) is 27.4. The number of ether oxygens (including phenoxy) is 2. The number of hydrogen-bond acceptors (Lipinski definition) is 8. The fourth-order valence-corrected chi connectivity index (χ4v) is 5.84. The lowest BCUT2D eigenvalue weighted by molar-refractivity contribution is 0.265. The summed E-state index contributed by atoms with van der Waals surface area (Å²) in [5.41, 5.74) is 17.3. The molecule has 0 amide bonds. The third-order valence-corrected chi connectivity index (χ3v) is 7.79. The zero-order chi connectivity index (χ0) is 25.0. The van der Waals surface area contributed by atoms with Crippen LogP contribution in [-0.2, 0) is 14.6 Å². The van der Waals surface area contributed by atoms with Gasteiger partial charge in [-0.2, -0.15) is 4.72 Å². The Hall–Kier alpha value is -2.80. The smallest absolute Gasteiger partial charge is 0.340 e. The second-order valence-corrected chi connectivity index (χ2v) is 11.3. The molecule has 0 saturated carbocycles. The Bertz CT molecular complexity index is 1220. The number of azide groups is 2. The van der Waals surface area contributed by atoms with E-state index in [1.807, 2.05) is 4.72 Å². The Morgan fingerprint density at radius 3 is 2.21 bits per heavy atom. The van der Waals surface area contributed by atoms with E-state index in [4.69, 9.17) is 30.3 Å². The summed E-state index contributed by atoms with van der Waals surface area (Å²) in [7, 11) is -8.64. The molecular formula is C17H22N7O7PS2. The second-order valence-electron chi connectivity index (χ2n) is 6.56. The molecule has 14 nitrogen and oxygen atoms in total. The number of nitrogens with one attached hydrogen (secondary N) is 1. The van der Waals surface area contributed by atoms with Gasteiger partial charge in [-0.25, -0.2) is 8.42 Å². The van der Waals surface area contributed by atoms with Crippen LogP contribution in [0.15, 0.2) is 44.8 Å². The average molecular weight is 532 g/mol. The first-order valence-corrected chi connectivity index (χ1v) is 13.8. The molecule has 0 atom stereocenters. The van der Waals surface area contributed by atoms with Crippen LogP contribution in [0, 0.1) is 0 Å². The Morgan fingerprint density at radius 2 is 1.62 bits per heavy atom. The van der Waals surface area contributed by atoms with Crippen molar-refractivity contribution in [3.63, 3.8) is 0 Å². The standard InChI is InChI=1S/C17H22N7O7PS2/c18-23-20-7-1-9-30-14-4-3-13(11-15(14)31-10-2-8-21-24-19)16-5-6-17(33-16)34(28,29)22-12-32(25,26)27/h3-6,11,22H,1-2,7-10,12H2,(H2,25,26,27). The lowest BCUT2D eigenvalue weighted by Gasteiger charge is -2.13. The third-order valence-electron chi connectivity index (χ3n) is 3.98. The van der Waals surface area contributed by atoms with Crippen molar-refractivity contribution in [1.29, 1.82) is 0 Å². The van der Waals surface area contributed by atoms with E-state index >= 15 is 0 Å². The molecule has 1 aromatic carbocycles. The van der Waals surface area contributed by atoms with E-state index in [9.17, 15) is 13.0 Å². The molecule has 0 aliphatic carbocycles. The lowest BCUT2D eigenvalue weighted by atomic mass is 10.1. The Morgan fingerprint density at radius 1 is 1.00 bits per heavy atom. The zero-order valence-electron chi connectivity index (χ0n) is 17.7. The molecular weight excluding hydrogens is 509 g/mol. The molecule has 0 aliphatic rings. The third kappa shape index (κ3) is 9.21. The molecule has 0 spiro atoms. The first-order chi connectivity index (χ1) is 16.2. The molecule has 0 radical (unpaired) electrons. The van der Waals surface area contributed by atoms with Gasteiger partial charge in [0.25, 0.3) is 10.0 Å². The van der Waals surface area contributed by atoms with Crippen LogP contribution in [0.2, 0.25) is 0 Å². The van der Waals surface area contributed by atoms with Crippen molar-refractivity contribution in [3.05, 3.63) is 51.2 Å². The van der Waals surface area contributed by atoms with E-state index in [1.165, 1.54) is 6.07 Å². The van der Waals surface area contributed by atoms with Gasteiger partial charge in [0.05, 0.1) is 13.2 Å². The average Bonchev–Trinajstić information content (AvgIpc) is 3.29. The Balaban J connectivity index is 2.20. The summed E-state index contributed by atoms with van der Waals surface area (Å²) in [4.78, 5) is 23.7. The highest BCUT2D eigenvalue weighted by molar-refractivity contribution is 7.92. The molecule has 0 unspecified atom stereocenters. The van der Waals surface area contributed by atoms with Crippen molar-refractivity contribution in [1.82, 2.24) is 4.72 Å². The highest BCUT2D eigenvalue weighted by Gasteiger charge is 2.22. The molecule has 17 heteroatoms. The summed E-state index contributed by atoms with van der Waals surface area (Å²) in [6.07, 6.45) is -0.0325. The molecule has 0 aliphatic heterocycles.